The van der Waals surface area contributed by atoms with Crippen LogP contribution in [0.4, 0.5) is 20.8 Å². The van der Waals surface area contributed by atoms with Gasteiger partial charge in [0.05, 0.1) is 39.2 Å². The minimum Gasteiger partial charge on any atom is -0.508 e. The molecule has 0 aliphatic carbocycles. The zero-order valence-electron chi connectivity index (χ0n) is 49.9. The van der Waals surface area contributed by atoms with Crippen molar-refractivity contribution < 1.29 is 43.0 Å². The van der Waals surface area contributed by atoms with Gasteiger partial charge in [-0.15, -0.1) is 11.3 Å². The average molecular weight is 1200 g/mol. The van der Waals surface area contributed by atoms with E-state index in [-0.39, 0.29) is 89.4 Å². The number of nitrogens with zero attached hydrogens (tertiary/aromatic N) is 10. The molecule has 22 heteroatoms. The van der Waals surface area contributed by atoms with Crippen LogP contribution in [-0.4, -0.2) is 169 Å². The molecule has 7 fully saturated rings. The molecular formula is C65H75FN12O8S. The SMILES string of the molecule is CCc1cccc2cc(O)cc(-c3ncc4c(N5CC6CCC(C5)N6)nc(OC[C@]56CCCN5[C@H](COC(=O)N5CC7(C5)CN(c5cc([C@@H](C(=O)N8C[C@H](O)C[C@H]8C(=O)N[C@@H](C)c8ccc(-c9scnc9C)cc8)C(C)C)on5)C7)CC6)nc4c3F)c12. The summed E-state index contributed by atoms with van der Waals surface area (Å²) >= 11 is 1.58. The number of amides is 3. The molecule has 0 radical (unpaired) electrons. The number of likely N-dealkylation sites (tertiary alicyclic amines) is 2. The summed E-state index contributed by atoms with van der Waals surface area (Å²) in [5.74, 6) is -0.506. The van der Waals surface area contributed by atoms with Crippen molar-refractivity contribution in [1.29, 1.82) is 0 Å². The first-order valence-corrected chi connectivity index (χ1v) is 31.9. The molecule has 11 heterocycles. The first-order chi connectivity index (χ1) is 42.0. The molecule has 20 nitrogen and oxygen atoms in total. The van der Waals surface area contributed by atoms with Gasteiger partial charge in [-0.3, -0.25) is 19.5 Å². The standard InChI is InChI=1S/C65H75FN12O8S/c1-6-39-9-7-10-42-21-46(79)22-48(54(39)42)56-55(66)57-49(25-67-56)59(74-26-43-15-16-44(27-74)70-43)72-62(71-57)85-34-65-18-8-20-78(65)45(17-19-65)29-84-63(83)76-32-64(33-76)30-75(31-64)52-24-51(86-73-52)53(36(2)3)61(82)77-28-47(80)23-50(77)60(81)69-37(4)40-11-13-41(14-12-40)58-38(5)68-35-87-58/h7,9-14,21-22,24-25,35-37,43-45,47,50,53,70,79-80H,6,8,15-20,23,26-34H2,1-5H3,(H,69,81)/t37-,43?,44?,45-,47+,50-,53-,65+/m0/s1. The summed E-state index contributed by atoms with van der Waals surface area (Å²) in [6, 6.07) is 18.5. The molecule has 3 aromatic carbocycles. The van der Waals surface area contributed by atoms with Crippen LogP contribution in [-0.2, 0) is 20.7 Å². The second kappa shape index (κ2) is 22.6. The number of thiazole rings is 1. The molecule has 7 aliphatic heterocycles. The smallest absolute Gasteiger partial charge is 0.409 e. The van der Waals surface area contributed by atoms with Crippen molar-refractivity contribution in [3.8, 4) is 33.5 Å². The summed E-state index contributed by atoms with van der Waals surface area (Å²) < 4.78 is 36.0. The number of aryl methyl sites for hydroxylation is 2. The number of phenolic OH excluding ortho intramolecular Hbond substituents is 1. The number of hydrogen-bond donors (Lipinski definition) is 4. The van der Waals surface area contributed by atoms with Crippen molar-refractivity contribution in [3.05, 3.63) is 101 Å². The van der Waals surface area contributed by atoms with Gasteiger partial charge in [-0.1, -0.05) is 68.4 Å². The van der Waals surface area contributed by atoms with Crippen LogP contribution in [0.1, 0.15) is 107 Å². The number of aromatic nitrogens is 5. The number of pyridine rings is 1. The van der Waals surface area contributed by atoms with E-state index in [0.717, 1.165) is 103 Å². The van der Waals surface area contributed by atoms with E-state index in [4.69, 9.17) is 28.9 Å². The van der Waals surface area contributed by atoms with E-state index in [1.165, 1.54) is 4.90 Å². The van der Waals surface area contributed by atoms with E-state index < -0.39 is 23.9 Å². The molecule has 87 heavy (non-hydrogen) atoms. The second-order valence-electron chi connectivity index (χ2n) is 26.0. The number of aliphatic hydroxyl groups is 1. The van der Waals surface area contributed by atoms with Crippen molar-refractivity contribution >= 4 is 62.6 Å². The quantitative estimate of drug-likeness (QED) is 0.0711. The van der Waals surface area contributed by atoms with Gasteiger partial charge in [-0.2, -0.15) is 9.97 Å². The topological polar surface area (TPSA) is 228 Å². The molecule has 2 unspecified atom stereocenters. The number of fused-ring (bicyclic) bond motifs is 5. The zero-order valence-corrected chi connectivity index (χ0v) is 50.7. The monoisotopic (exact) mass is 1200 g/mol. The summed E-state index contributed by atoms with van der Waals surface area (Å²) in [6.07, 6.45) is 6.98. The number of carbonyl (C=O) groups excluding carboxylic acids is 3. The maximum Gasteiger partial charge on any atom is 0.409 e. The van der Waals surface area contributed by atoms with Crippen LogP contribution in [0.25, 0.3) is 43.4 Å². The van der Waals surface area contributed by atoms with Gasteiger partial charge in [0.15, 0.2) is 17.4 Å². The maximum absolute atomic E-state index is 17.4. The van der Waals surface area contributed by atoms with Gasteiger partial charge in [-0.25, -0.2) is 14.2 Å². The van der Waals surface area contributed by atoms with Crippen molar-refractivity contribution in [3.63, 3.8) is 0 Å². The number of benzene rings is 3. The van der Waals surface area contributed by atoms with Crippen molar-refractivity contribution in [2.24, 2.45) is 11.3 Å². The van der Waals surface area contributed by atoms with Gasteiger partial charge in [-0.05, 0) is 111 Å². The van der Waals surface area contributed by atoms with Crippen LogP contribution in [0, 0.1) is 24.1 Å². The van der Waals surface area contributed by atoms with Gasteiger partial charge in [0, 0.05) is 93.6 Å². The third kappa shape index (κ3) is 10.5. The molecule has 2 bridgehead atoms. The first-order valence-electron chi connectivity index (χ1n) is 31.0. The molecule has 4 aromatic heterocycles. The van der Waals surface area contributed by atoms with Crippen LogP contribution >= 0.6 is 11.3 Å². The molecule has 7 saturated heterocycles. The number of aromatic hydroxyl groups is 1. The number of aliphatic hydroxyl groups excluding tert-OH is 1. The Balaban J connectivity index is 0.590. The number of β-amino-alcohol motifs (C(OH)–C–C–N with tert-alkyl or cyclic N) is 1. The summed E-state index contributed by atoms with van der Waals surface area (Å²) in [7, 11) is 0. The highest BCUT2D eigenvalue weighted by Crippen LogP contribution is 2.46. The zero-order chi connectivity index (χ0) is 60.0. The maximum atomic E-state index is 17.4. The Bertz CT molecular complexity index is 3780. The Hall–Kier alpha value is -7.53. The number of anilines is 2. The molecule has 8 atom stereocenters. The Morgan fingerprint density at radius 1 is 0.954 bits per heavy atom. The van der Waals surface area contributed by atoms with Crippen LogP contribution in [0.2, 0.25) is 0 Å². The third-order valence-corrected chi connectivity index (χ3v) is 20.8. The van der Waals surface area contributed by atoms with Gasteiger partial charge < -0.3 is 54.4 Å². The molecule has 7 aromatic rings. The Morgan fingerprint density at radius 3 is 2.49 bits per heavy atom. The number of nitrogens with one attached hydrogen (secondary N) is 2. The Labute approximate surface area is 508 Å². The van der Waals surface area contributed by atoms with Crippen LogP contribution in [0.5, 0.6) is 11.8 Å². The van der Waals surface area contributed by atoms with E-state index in [2.05, 4.69) is 42.4 Å². The Morgan fingerprint density at radius 2 is 1.75 bits per heavy atom. The number of hydrogen-bond acceptors (Lipinski definition) is 18. The highest BCUT2D eigenvalue weighted by Gasteiger charge is 2.56. The number of halogens is 1. The fourth-order valence-corrected chi connectivity index (χ4v) is 16.2. The highest BCUT2D eigenvalue weighted by atomic mass is 32.1. The Kier molecular flexibility index (Phi) is 14.8. The van der Waals surface area contributed by atoms with Crippen molar-refractivity contribution in [2.75, 3.05) is 75.4 Å². The van der Waals surface area contributed by atoms with E-state index in [1.54, 1.807) is 34.6 Å². The fraction of sp³-hybridized carbons (Fsp3) is 0.508. The third-order valence-electron chi connectivity index (χ3n) is 19.8. The summed E-state index contributed by atoms with van der Waals surface area (Å²) in [5.41, 5.74) is 6.10. The predicted molar refractivity (Wildman–Crippen MR) is 327 cm³/mol. The lowest BCUT2D eigenvalue weighted by atomic mass is 9.73. The highest BCUT2D eigenvalue weighted by molar-refractivity contribution is 7.13. The number of piperazine rings is 1. The van der Waals surface area contributed by atoms with Crippen LogP contribution < -0.4 is 25.2 Å². The van der Waals surface area contributed by atoms with E-state index in [9.17, 15) is 24.6 Å². The number of rotatable bonds is 16. The minimum atomic E-state index is -0.851. The van der Waals surface area contributed by atoms with Gasteiger partial charge >= 0.3 is 12.1 Å². The van der Waals surface area contributed by atoms with Gasteiger partial charge in [0.2, 0.25) is 11.8 Å². The minimum absolute atomic E-state index is 0.00809. The lowest BCUT2D eigenvalue weighted by molar-refractivity contribution is -0.141. The molecule has 4 N–H and O–H groups in total. The first kappa shape index (κ1) is 57.2. The van der Waals surface area contributed by atoms with E-state index >= 15 is 4.39 Å². The van der Waals surface area contributed by atoms with Crippen molar-refractivity contribution in [2.45, 2.75) is 134 Å². The largest absolute Gasteiger partial charge is 0.508 e. The molecular weight excluding hydrogens is 1130 g/mol. The molecule has 0 saturated carbocycles. The van der Waals surface area contributed by atoms with E-state index in [0.29, 0.717) is 73.2 Å². The second-order valence-corrected chi connectivity index (χ2v) is 26.9. The average Bonchev–Trinajstić information content (AvgIpc) is 1.12. The van der Waals surface area contributed by atoms with E-state index in [1.807, 2.05) is 81.7 Å². The summed E-state index contributed by atoms with van der Waals surface area (Å²) in [5, 5.41) is 35.0. The predicted octanol–water partition coefficient (Wildman–Crippen LogP) is 8.53. The lowest BCUT2D eigenvalue weighted by Crippen LogP contribution is -2.73. The molecule has 3 amide bonds. The number of ether oxygens (including phenoxy) is 2. The van der Waals surface area contributed by atoms with Crippen LogP contribution in [0.15, 0.2) is 76.9 Å². The van der Waals surface area contributed by atoms with Crippen molar-refractivity contribution in [1.82, 2.24) is 50.4 Å². The molecule has 14 rings (SSSR count). The molecule has 7 aliphatic rings. The van der Waals surface area contributed by atoms with Gasteiger partial charge in [0.1, 0.15) is 48.0 Å². The summed E-state index contributed by atoms with van der Waals surface area (Å²) in [4.78, 5) is 72.0. The fourth-order valence-electron chi connectivity index (χ4n) is 15.4. The molecule has 1 spiro atoms. The number of phenols is 1. The summed E-state index contributed by atoms with van der Waals surface area (Å²) in [6.45, 7) is 15.1. The normalized spacial score (nSPS) is 24.7. The number of carbonyl (C=O) groups is 3. The van der Waals surface area contributed by atoms with Crippen LogP contribution in [0.3, 0.4) is 0 Å². The van der Waals surface area contributed by atoms with Gasteiger partial charge in [0.25, 0.3) is 0 Å². The lowest BCUT2D eigenvalue weighted by Gasteiger charge is -2.59. The molecule has 456 valence electrons.